The molecular formula is C21H17F3N4OS. The molecule has 4 aromatic rings. The number of rotatable bonds is 4. The van der Waals surface area contributed by atoms with Gasteiger partial charge >= 0.3 is 6.18 Å². The van der Waals surface area contributed by atoms with Crippen LogP contribution in [0.15, 0.2) is 48.8 Å². The van der Waals surface area contributed by atoms with Crippen LogP contribution in [-0.4, -0.2) is 20.4 Å². The van der Waals surface area contributed by atoms with Crippen LogP contribution in [0, 0.1) is 13.8 Å². The Morgan fingerprint density at radius 3 is 2.50 bits per heavy atom. The fraction of sp³-hybridized carbons (Fsp3) is 0.190. The van der Waals surface area contributed by atoms with E-state index < -0.39 is 11.9 Å². The molecule has 0 aliphatic carbocycles. The lowest BCUT2D eigenvalue weighted by molar-refractivity contribution is -0.140. The van der Waals surface area contributed by atoms with Crippen LogP contribution in [-0.2, 0) is 12.7 Å². The van der Waals surface area contributed by atoms with Gasteiger partial charge in [-0.15, -0.1) is 11.3 Å². The van der Waals surface area contributed by atoms with Gasteiger partial charge in [-0.05, 0) is 49.2 Å². The Labute approximate surface area is 174 Å². The van der Waals surface area contributed by atoms with E-state index in [4.69, 9.17) is 0 Å². The molecule has 1 N–H and O–H groups in total. The average molecular weight is 430 g/mol. The van der Waals surface area contributed by atoms with E-state index in [0.29, 0.717) is 28.1 Å². The highest BCUT2D eigenvalue weighted by molar-refractivity contribution is 7.20. The molecule has 0 saturated heterocycles. The van der Waals surface area contributed by atoms with E-state index in [1.807, 2.05) is 29.8 Å². The molecule has 1 aromatic carbocycles. The van der Waals surface area contributed by atoms with Crippen LogP contribution in [0.4, 0.5) is 18.9 Å². The van der Waals surface area contributed by atoms with Crippen LogP contribution in [0.2, 0.25) is 0 Å². The van der Waals surface area contributed by atoms with Crippen LogP contribution >= 0.6 is 11.3 Å². The number of carbonyl (C=O) groups excluding carboxylic acids is 1. The van der Waals surface area contributed by atoms with Crippen molar-refractivity contribution in [2.75, 3.05) is 5.32 Å². The summed E-state index contributed by atoms with van der Waals surface area (Å²) in [6.07, 6.45) is -0.886. The summed E-state index contributed by atoms with van der Waals surface area (Å²) in [7, 11) is 0. The first-order valence-corrected chi connectivity index (χ1v) is 9.89. The Bertz CT molecular complexity index is 1230. The molecule has 0 atom stereocenters. The number of anilines is 1. The van der Waals surface area contributed by atoms with Crippen LogP contribution in [0.25, 0.3) is 10.2 Å². The molecular weight excluding hydrogens is 413 g/mol. The first kappa shape index (κ1) is 20.1. The predicted molar refractivity (Wildman–Crippen MR) is 110 cm³/mol. The maximum atomic E-state index is 12.9. The predicted octanol–water partition coefficient (Wildman–Crippen LogP) is 5.43. The summed E-state index contributed by atoms with van der Waals surface area (Å²) >= 11 is 0.956. The summed E-state index contributed by atoms with van der Waals surface area (Å²) in [6, 6.07) is 9.70. The number of benzene rings is 1. The minimum absolute atomic E-state index is 0.193. The molecule has 0 radical (unpaired) electrons. The van der Waals surface area contributed by atoms with E-state index >= 15 is 0 Å². The molecule has 0 unspecified atom stereocenters. The number of aryl methyl sites for hydroxylation is 2. The van der Waals surface area contributed by atoms with Gasteiger partial charge in [-0.3, -0.25) is 4.79 Å². The maximum absolute atomic E-state index is 12.9. The second kappa shape index (κ2) is 7.56. The number of hydrogen-bond donors (Lipinski definition) is 1. The van der Waals surface area contributed by atoms with Gasteiger partial charge in [0.1, 0.15) is 16.3 Å². The van der Waals surface area contributed by atoms with Crippen LogP contribution < -0.4 is 5.32 Å². The summed E-state index contributed by atoms with van der Waals surface area (Å²) in [5.74, 6) is 0.539. The second-order valence-electron chi connectivity index (χ2n) is 6.86. The van der Waals surface area contributed by atoms with E-state index in [1.54, 1.807) is 25.3 Å². The molecule has 4 rings (SSSR count). The normalized spacial score (nSPS) is 11.8. The topological polar surface area (TPSA) is 59.8 Å². The number of hydrogen-bond acceptors (Lipinski definition) is 4. The van der Waals surface area contributed by atoms with Gasteiger partial charge in [-0.1, -0.05) is 12.1 Å². The lowest BCUT2D eigenvalue weighted by atomic mass is 10.1. The van der Waals surface area contributed by atoms with E-state index in [1.165, 1.54) is 6.07 Å². The van der Waals surface area contributed by atoms with Crippen molar-refractivity contribution in [1.82, 2.24) is 14.5 Å². The molecule has 0 aliphatic rings. The Balaban J connectivity index is 1.52. The fourth-order valence-electron chi connectivity index (χ4n) is 3.12. The number of alkyl halides is 3. The third-order valence-electron chi connectivity index (χ3n) is 4.79. The molecule has 0 bridgehead atoms. The molecule has 3 heterocycles. The smallest absolute Gasteiger partial charge is 0.331 e. The second-order valence-corrected chi connectivity index (χ2v) is 7.86. The number of nitrogens with zero attached hydrogens (tertiary/aromatic N) is 3. The Morgan fingerprint density at radius 2 is 1.87 bits per heavy atom. The zero-order chi connectivity index (χ0) is 21.5. The summed E-state index contributed by atoms with van der Waals surface area (Å²) in [4.78, 5) is 21.1. The molecule has 3 aromatic heterocycles. The molecule has 30 heavy (non-hydrogen) atoms. The van der Waals surface area contributed by atoms with Gasteiger partial charge in [-0.25, -0.2) is 9.97 Å². The standard InChI is InChI=1S/C21H17F3N4OS/c1-12-16-7-8-17(21(22,23)24)27-20(16)30-18(12)19(29)26-15-5-3-14(4-6-15)11-28-10-9-25-13(28)2/h3-10H,11H2,1-2H3,(H,26,29). The van der Waals surface area contributed by atoms with Crippen LogP contribution in [0.5, 0.6) is 0 Å². The number of halogens is 3. The van der Waals surface area contributed by atoms with Gasteiger partial charge in [0.25, 0.3) is 5.91 Å². The number of fused-ring (bicyclic) bond motifs is 1. The molecule has 9 heteroatoms. The van der Waals surface area contributed by atoms with Crippen molar-refractivity contribution in [2.45, 2.75) is 26.6 Å². The highest BCUT2D eigenvalue weighted by atomic mass is 32.1. The molecule has 0 spiro atoms. The number of imidazole rings is 1. The van der Waals surface area contributed by atoms with Gasteiger partial charge in [0.05, 0.1) is 4.88 Å². The number of carbonyl (C=O) groups is 1. The van der Waals surface area contributed by atoms with Crippen molar-refractivity contribution in [3.05, 3.63) is 76.3 Å². The number of amides is 1. The van der Waals surface area contributed by atoms with Gasteiger partial charge < -0.3 is 9.88 Å². The minimum Gasteiger partial charge on any atom is -0.331 e. The summed E-state index contributed by atoms with van der Waals surface area (Å²) in [6.45, 7) is 4.30. The maximum Gasteiger partial charge on any atom is 0.433 e. The quantitative estimate of drug-likeness (QED) is 0.470. The number of aromatic nitrogens is 3. The summed E-state index contributed by atoms with van der Waals surface area (Å²) in [5, 5.41) is 3.35. The van der Waals surface area contributed by atoms with Crippen LogP contribution in [0.1, 0.15) is 32.3 Å². The SMILES string of the molecule is Cc1c(C(=O)Nc2ccc(Cn3ccnc3C)cc2)sc2nc(C(F)(F)F)ccc12. The monoisotopic (exact) mass is 430 g/mol. The zero-order valence-corrected chi connectivity index (χ0v) is 16.9. The minimum atomic E-state index is -4.52. The largest absolute Gasteiger partial charge is 0.433 e. The third-order valence-corrected chi connectivity index (χ3v) is 5.99. The van der Waals surface area contributed by atoms with E-state index in [2.05, 4.69) is 15.3 Å². The molecule has 154 valence electrons. The highest BCUT2D eigenvalue weighted by Gasteiger charge is 2.33. The van der Waals surface area contributed by atoms with Gasteiger partial charge in [0.15, 0.2) is 0 Å². The van der Waals surface area contributed by atoms with E-state index in [-0.39, 0.29) is 10.7 Å². The Morgan fingerprint density at radius 1 is 1.13 bits per heavy atom. The van der Waals surface area contributed by atoms with Gasteiger partial charge in [-0.2, -0.15) is 13.2 Å². The number of pyridine rings is 1. The molecule has 1 amide bonds. The Kier molecular flexibility index (Phi) is 5.07. The van der Waals surface area contributed by atoms with E-state index in [0.717, 1.165) is 28.8 Å². The van der Waals surface area contributed by atoms with Crippen LogP contribution in [0.3, 0.4) is 0 Å². The lowest BCUT2D eigenvalue weighted by Gasteiger charge is -2.08. The van der Waals surface area contributed by atoms with Gasteiger partial charge in [0, 0.05) is 30.0 Å². The summed E-state index contributed by atoms with van der Waals surface area (Å²) in [5.41, 5.74) is 1.30. The first-order chi connectivity index (χ1) is 14.2. The van der Waals surface area contributed by atoms with Crippen molar-refractivity contribution in [1.29, 1.82) is 0 Å². The van der Waals surface area contributed by atoms with Crippen molar-refractivity contribution < 1.29 is 18.0 Å². The average Bonchev–Trinajstić information content (AvgIpc) is 3.25. The zero-order valence-electron chi connectivity index (χ0n) is 16.1. The first-order valence-electron chi connectivity index (χ1n) is 9.08. The van der Waals surface area contributed by atoms with Crippen molar-refractivity contribution in [3.8, 4) is 0 Å². The van der Waals surface area contributed by atoms with Gasteiger partial charge in [0.2, 0.25) is 0 Å². The van der Waals surface area contributed by atoms with Crippen molar-refractivity contribution in [2.24, 2.45) is 0 Å². The number of thiophene rings is 1. The Hall–Kier alpha value is -3.20. The molecule has 0 aliphatic heterocycles. The highest BCUT2D eigenvalue weighted by Crippen LogP contribution is 2.34. The van der Waals surface area contributed by atoms with Crippen molar-refractivity contribution >= 4 is 33.1 Å². The number of nitrogens with one attached hydrogen (secondary N) is 1. The molecule has 0 saturated carbocycles. The lowest BCUT2D eigenvalue weighted by Crippen LogP contribution is -2.11. The van der Waals surface area contributed by atoms with E-state index in [9.17, 15) is 18.0 Å². The molecule has 5 nitrogen and oxygen atoms in total. The fourth-order valence-corrected chi connectivity index (χ4v) is 4.20. The van der Waals surface area contributed by atoms with Crippen molar-refractivity contribution in [3.63, 3.8) is 0 Å². The molecule has 0 fully saturated rings. The third kappa shape index (κ3) is 3.93. The summed E-state index contributed by atoms with van der Waals surface area (Å²) < 4.78 is 40.7.